The van der Waals surface area contributed by atoms with Gasteiger partial charge in [0.25, 0.3) is 0 Å². The van der Waals surface area contributed by atoms with Gasteiger partial charge in [0.1, 0.15) is 5.82 Å². The minimum Gasteiger partial charge on any atom is -0.329 e. The molecule has 0 aliphatic carbocycles. The van der Waals surface area contributed by atoms with E-state index in [0.717, 1.165) is 10.2 Å². The molecule has 0 radical (unpaired) electrons. The molecule has 94 valence electrons. The first-order valence-electron chi connectivity index (χ1n) is 5.31. The molecule has 0 fully saturated rings. The standard InChI is InChI=1S/C11H12FN5O/c1-16(2)11(18)17-10(13-14-15-17)7-8-3-5-9(12)6-4-8/h3-6H,7H2,1-2H3. The molecule has 0 saturated heterocycles. The average molecular weight is 249 g/mol. The van der Waals surface area contributed by atoms with Crippen molar-refractivity contribution < 1.29 is 9.18 Å². The van der Waals surface area contributed by atoms with Crippen molar-refractivity contribution in [1.82, 2.24) is 25.1 Å². The van der Waals surface area contributed by atoms with Crippen LogP contribution in [0.2, 0.25) is 0 Å². The molecule has 1 aromatic carbocycles. The van der Waals surface area contributed by atoms with Gasteiger partial charge in [0.15, 0.2) is 5.82 Å². The summed E-state index contributed by atoms with van der Waals surface area (Å²) in [5.74, 6) is 0.114. The molecule has 2 aromatic rings. The summed E-state index contributed by atoms with van der Waals surface area (Å²) in [6.45, 7) is 0. The van der Waals surface area contributed by atoms with E-state index >= 15 is 0 Å². The van der Waals surface area contributed by atoms with Crippen LogP contribution in [-0.4, -0.2) is 45.2 Å². The number of hydrogen-bond donors (Lipinski definition) is 0. The highest BCUT2D eigenvalue weighted by atomic mass is 19.1. The Kier molecular flexibility index (Phi) is 3.31. The normalized spacial score (nSPS) is 10.4. The summed E-state index contributed by atoms with van der Waals surface area (Å²) in [6.07, 6.45) is 0.368. The zero-order valence-electron chi connectivity index (χ0n) is 10.0. The molecule has 0 atom stereocenters. The second kappa shape index (κ2) is 4.91. The minimum absolute atomic E-state index is 0.303. The summed E-state index contributed by atoms with van der Waals surface area (Å²) >= 11 is 0. The zero-order chi connectivity index (χ0) is 13.1. The number of benzene rings is 1. The van der Waals surface area contributed by atoms with Gasteiger partial charge >= 0.3 is 6.03 Å². The zero-order valence-corrected chi connectivity index (χ0v) is 10.0. The van der Waals surface area contributed by atoms with E-state index in [1.165, 1.54) is 17.0 Å². The molecule has 0 unspecified atom stereocenters. The summed E-state index contributed by atoms with van der Waals surface area (Å²) in [4.78, 5) is 13.1. The van der Waals surface area contributed by atoms with Gasteiger partial charge in [0, 0.05) is 20.5 Å². The first-order valence-corrected chi connectivity index (χ1v) is 5.31. The van der Waals surface area contributed by atoms with Gasteiger partial charge in [-0.15, -0.1) is 9.78 Å². The molecule has 0 spiro atoms. The number of carbonyl (C=O) groups excluding carboxylic acids is 1. The molecule has 0 N–H and O–H groups in total. The summed E-state index contributed by atoms with van der Waals surface area (Å²) in [5.41, 5.74) is 0.832. The van der Waals surface area contributed by atoms with E-state index in [1.807, 2.05) is 0 Å². The van der Waals surface area contributed by atoms with Gasteiger partial charge in [-0.05, 0) is 28.1 Å². The van der Waals surface area contributed by atoms with Crippen molar-refractivity contribution in [2.45, 2.75) is 6.42 Å². The quantitative estimate of drug-likeness (QED) is 0.743. The Morgan fingerprint density at radius 2 is 2.00 bits per heavy atom. The van der Waals surface area contributed by atoms with Crippen LogP contribution in [-0.2, 0) is 6.42 Å². The largest absolute Gasteiger partial charge is 0.347 e. The molecule has 0 bridgehead atoms. The van der Waals surface area contributed by atoms with Crippen LogP contribution < -0.4 is 0 Å². The maximum absolute atomic E-state index is 12.8. The van der Waals surface area contributed by atoms with Crippen LogP contribution >= 0.6 is 0 Å². The molecular weight excluding hydrogens is 237 g/mol. The third kappa shape index (κ3) is 2.50. The lowest BCUT2D eigenvalue weighted by atomic mass is 10.1. The molecule has 1 aromatic heterocycles. The lowest BCUT2D eigenvalue weighted by Gasteiger charge is -2.10. The van der Waals surface area contributed by atoms with Crippen LogP contribution in [0.3, 0.4) is 0 Å². The molecule has 2 rings (SSSR count). The Bertz CT molecular complexity index is 549. The van der Waals surface area contributed by atoms with Crippen molar-refractivity contribution >= 4 is 6.03 Å². The number of carbonyl (C=O) groups is 1. The van der Waals surface area contributed by atoms with Gasteiger partial charge in [-0.3, -0.25) is 0 Å². The van der Waals surface area contributed by atoms with Gasteiger partial charge in [-0.1, -0.05) is 12.1 Å². The van der Waals surface area contributed by atoms with Gasteiger partial charge in [0.05, 0.1) is 0 Å². The molecule has 7 heteroatoms. The summed E-state index contributed by atoms with van der Waals surface area (Å²) in [7, 11) is 3.23. The van der Waals surface area contributed by atoms with E-state index in [9.17, 15) is 9.18 Å². The Hall–Kier alpha value is -2.31. The SMILES string of the molecule is CN(C)C(=O)n1nnnc1Cc1ccc(F)cc1. The lowest BCUT2D eigenvalue weighted by Crippen LogP contribution is -2.29. The van der Waals surface area contributed by atoms with Crippen LogP contribution in [0.15, 0.2) is 24.3 Å². The van der Waals surface area contributed by atoms with Crippen molar-refractivity contribution in [3.8, 4) is 0 Å². The highest BCUT2D eigenvalue weighted by Gasteiger charge is 2.15. The minimum atomic E-state index is -0.322. The van der Waals surface area contributed by atoms with Crippen molar-refractivity contribution in [3.05, 3.63) is 41.5 Å². The van der Waals surface area contributed by atoms with Crippen LogP contribution in [0.25, 0.3) is 0 Å². The predicted molar refractivity (Wildman–Crippen MR) is 61.5 cm³/mol. The van der Waals surface area contributed by atoms with Gasteiger partial charge in [0.2, 0.25) is 0 Å². The maximum Gasteiger partial charge on any atom is 0.347 e. The molecule has 0 aliphatic rings. The highest BCUT2D eigenvalue weighted by Crippen LogP contribution is 2.08. The monoisotopic (exact) mass is 249 g/mol. The third-order valence-corrected chi connectivity index (χ3v) is 2.37. The Labute approximate surface area is 103 Å². The summed E-state index contributed by atoms with van der Waals surface area (Å²) < 4.78 is 13.9. The highest BCUT2D eigenvalue weighted by molar-refractivity contribution is 5.75. The summed E-state index contributed by atoms with van der Waals surface area (Å²) in [5, 5.41) is 10.9. The number of halogens is 1. The van der Waals surface area contributed by atoms with E-state index < -0.39 is 0 Å². The van der Waals surface area contributed by atoms with E-state index in [1.54, 1.807) is 26.2 Å². The average Bonchev–Trinajstić information content (AvgIpc) is 2.79. The molecule has 6 nitrogen and oxygen atoms in total. The number of aromatic nitrogens is 4. The van der Waals surface area contributed by atoms with Crippen molar-refractivity contribution in [1.29, 1.82) is 0 Å². The molecule has 0 saturated carbocycles. The molecule has 0 aliphatic heterocycles. The van der Waals surface area contributed by atoms with Crippen molar-refractivity contribution in [2.75, 3.05) is 14.1 Å². The molecule has 1 amide bonds. The lowest BCUT2D eigenvalue weighted by molar-refractivity contribution is 0.214. The third-order valence-electron chi connectivity index (χ3n) is 2.37. The van der Waals surface area contributed by atoms with E-state index in [-0.39, 0.29) is 11.8 Å². The number of hydrogen-bond acceptors (Lipinski definition) is 4. The van der Waals surface area contributed by atoms with Crippen LogP contribution in [0.5, 0.6) is 0 Å². The Morgan fingerprint density at radius 3 is 2.61 bits per heavy atom. The first-order chi connectivity index (χ1) is 8.58. The van der Waals surface area contributed by atoms with Crippen molar-refractivity contribution in [2.24, 2.45) is 0 Å². The van der Waals surface area contributed by atoms with Crippen LogP contribution in [0.4, 0.5) is 9.18 Å². The van der Waals surface area contributed by atoms with Crippen LogP contribution in [0, 0.1) is 5.82 Å². The van der Waals surface area contributed by atoms with Crippen molar-refractivity contribution in [3.63, 3.8) is 0 Å². The second-order valence-electron chi connectivity index (χ2n) is 3.99. The second-order valence-corrected chi connectivity index (χ2v) is 3.99. The number of amides is 1. The predicted octanol–water partition coefficient (Wildman–Crippen LogP) is 0.933. The van der Waals surface area contributed by atoms with Gasteiger partial charge in [-0.25, -0.2) is 9.18 Å². The topological polar surface area (TPSA) is 63.9 Å². The number of rotatable bonds is 2. The van der Waals surface area contributed by atoms with Gasteiger partial charge < -0.3 is 4.90 Å². The van der Waals surface area contributed by atoms with Crippen LogP contribution in [0.1, 0.15) is 11.4 Å². The Morgan fingerprint density at radius 1 is 1.33 bits per heavy atom. The molecule has 1 heterocycles. The maximum atomic E-state index is 12.8. The molecule has 18 heavy (non-hydrogen) atoms. The number of tetrazole rings is 1. The fourth-order valence-electron chi connectivity index (χ4n) is 1.44. The number of nitrogens with zero attached hydrogens (tertiary/aromatic N) is 5. The van der Waals surface area contributed by atoms with E-state index in [0.29, 0.717) is 12.2 Å². The molecular formula is C11H12FN5O. The van der Waals surface area contributed by atoms with E-state index in [4.69, 9.17) is 0 Å². The fraction of sp³-hybridized carbons (Fsp3) is 0.273. The smallest absolute Gasteiger partial charge is 0.329 e. The fourth-order valence-corrected chi connectivity index (χ4v) is 1.44. The van der Waals surface area contributed by atoms with E-state index in [2.05, 4.69) is 15.5 Å². The van der Waals surface area contributed by atoms with Gasteiger partial charge in [-0.2, -0.15) is 0 Å². The summed E-state index contributed by atoms with van der Waals surface area (Å²) in [6, 6.07) is 5.66. The Balaban J connectivity index is 2.22. The first kappa shape index (κ1) is 12.2.